The Morgan fingerprint density at radius 3 is 2.74 bits per heavy atom. The maximum atomic E-state index is 12.2. The summed E-state index contributed by atoms with van der Waals surface area (Å²) in [6.45, 7) is 4.96. The number of aryl methyl sites for hydroxylation is 1. The van der Waals surface area contributed by atoms with Gasteiger partial charge in [-0.1, -0.05) is 13.3 Å². The molecule has 104 valence electrons. The van der Waals surface area contributed by atoms with Crippen molar-refractivity contribution in [1.29, 1.82) is 0 Å². The van der Waals surface area contributed by atoms with Crippen LogP contribution in [0.4, 0.5) is 5.82 Å². The zero-order chi connectivity index (χ0) is 13.7. The Morgan fingerprint density at radius 1 is 1.37 bits per heavy atom. The van der Waals surface area contributed by atoms with E-state index in [1.165, 1.54) is 6.42 Å². The number of pyridine rings is 1. The number of amides is 1. The van der Waals surface area contributed by atoms with E-state index in [1.807, 2.05) is 19.1 Å². The maximum Gasteiger partial charge on any atom is 0.251 e. The van der Waals surface area contributed by atoms with Crippen molar-refractivity contribution >= 4 is 11.7 Å². The molecule has 4 nitrogen and oxygen atoms in total. The van der Waals surface area contributed by atoms with Crippen LogP contribution >= 0.6 is 0 Å². The molecular formula is C15H23N3O. The van der Waals surface area contributed by atoms with Crippen molar-refractivity contribution in [1.82, 2.24) is 10.3 Å². The molecule has 0 unspecified atom stereocenters. The second-order valence-corrected chi connectivity index (χ2v) is 5.11. The number of hydrogen-bond donors (Lipinski definition) is 2. The number of anilines is 1. The SMILES string of the molecule is CCCc1cc(C(=O)NC2CCC2)cc(NCC)n1. The number of carbonyl (C=O) groups excluding carboxylic acids is 1. The smallest absolute Gasteiger partial charge is 0.251 e. The largest absolute Gasteiger partial charge is 0.370 e. The zero-order valence-electron chi connectivity index (χ0n) is 11.8. The molecule has 0 atom stereocenters. The highest BCUT2D eigenvalue weighted by molar-refractivity contribution is 5.95. The van der Waals surface area contributed by atoms with E-state index in [-0.39, 0.29) is 5.91 Å². The third-order valence-corrected chi connectivity index (χ3v) is 3.45. The fourth-order valence-corrected chi connectivity index (χ4v) is 2.20. The molecule has 0 bridgehead atoms. The lowest BCUT2D eigenvalue weighted by molar-refractivity contribution is 0.0917. The molecule has 0 spiro atoms. The lowest BCUT2D eigenvalue weighted by Crippen LogP contribution is -2.39. The lowest BCUT2D eigenvalue weighted by atomic mass is 9.93. The van der Waals surface area contributed by atoms with Gasteiger partial charge in [0.1, 0.15) is 5.82 Å². The average molecular weight is 261 g/mol. The molecule has 2 rings (SSSR count). The molecule has 0 aromatic carbocycles. The summed E-state index contributed by atoms with van der Waals surface area (Å²) in [7, 11) is 0. The summed E-state index contributed by atoms with van der Waals surface area (Å²) in [6, 6.07) is 4.13. The van der Waals surface area contributed by atoms with Crippen molar-refractivity contribution in [3.8, 4) is 0 Å². The molecule has 1 aliphatic rings. The van der Waals surface area contributed by atoms with Gasteiger partial charge >= 0.3 is 0 Å². The van der Waals surface area contributed by atoms with Crippen LogP contribution in [-0.4, -0.2) is 23.5 Å². The Hall–Kier alpha value is -1.58. The number of hydrogen-bond acceptors (Lipinski definition) is 3. The fraction of sp³-hybridized carbons (Fsp3) is 0.600. The molecule has 1 amide bonds. The minimum Gasteiger partial charge on any atom is -0.370 e. The fourth-order valence-electron chi connectivity index (χ4n) is 2.20. The Labute approximate surface area is 115 Å². The molecule has 1 aromatic heterocycles. The van der Waals surface area contributed by atoms with Crippen molar-refractivity contribution in [3.63, 3.8) is 0 Å². The highest BCUT2D eigenvalue weighted by Gasteiger charge is 2.20. The number of rotatable bonds is 6. The van der Waals surface area contributed by atoms with Crippen molar-refractivity contribution in [2.45, 2.75) is 52.0 Å². The predicted octanol–water partition coefficient (Wildman–Crippen LogP) is 2.75. The maximum absolute atomic E-state index is 12.2. The first-order chi connectivity index (χ1) is 9.22. The molecule has 0 saturated heterocycles. The second kappa shape index (κ2) is 6.55. The van der Waals surface area contributed by atoms with Crippen LogP contribution in [0.5, 0.6) is 0 Å². The molecule has 4 heteroatoms. The van der Waals surface area contributed by atoms with Crippen LogP contribution in [0.25, 0.3) is 0 Å². The van der Waals surface area contributed by atoms with Gasteiger partial charge in [0, 0.05) is 23.8 Å². The van der Waals surface area contributed by atoms with E-state index < -0.39 is 0 Å². The quantitative estimate of drug-likeness (QED) is 0.828. The highest BCUT2D eigenvalue weighted by atomic mass is 16.1. The molecule has 1 saturated carbocycles. The van der Waals surface area contributed by atoms with E-state index in [9.17, 15) is 4.79 Å². The number of carbonyl (C=O) groups is 1. The van der Waals surface area contributed by atoms with Crippen LogP contribution in [0.3, 0.4) is 0 Å². The molecule has 1 fully saturated rings. The predicted molar refractivity (Wildman–Crippen MR) is 77.5 cm³/mol. The van der Waals surface area contributed by atoms with Crippen molar-refractivity contribution < 1.29 is 4.79 Å². The van der Waals surface area contributed by atoms with Gasteiger partial charge in [-0.2, -0.15) is 0 Å². The minimum atomic E-state index is 0.0311. The summed E-state index contributed by atoms with van der Waals surface area (Å²) < 4.78 is 0. The Morgan fingerprint density at radius 2 is 2.16 bits per heavy atom. The Balaban J connectivity index is 2.13. The molecule has 1 aromatic rings. The van der Waals surface area contributed by atoms with Crippen LogP contribution in [0.15, 0.2) is 12.1 Å². The topological polar surface area (TPSA) is 54.0 Å². The van der Waals surface area contributed by atoms with Crippen LogP contribution < -0.4 is 10.6 Å². The zero-order valence-corrected chi connectivity index (χ0v) is 11.8. The van der Waals surface area contributed by atoms with Crippen molar-refractivity contribution in [2.75, 3.05) is 11.9 Å². The first kappa shape index (κ1) is 13.8. The summed E-state index contributed by atoms with van der Waals surface area (Å²) in [5.41, 5.74) is 1.71. The van der Waals surface area contributed by atoms with E-state index >= 15 is 0 Å². The molecule has 1 heterocycles. The summed E-state index contributed by atoms with van der Waals surface area (Å²) in [5.74, 6) is 0.829. The van der Waals surface area contributed by atoms with Crippen LogP contribution in [-0.2, 0) is 6.42 Å². The van der Waals surface area contributed by atoms with E-state index in [2.05, 4.69) is 22.5 Å². The van der Waals surface area contributed by atoms with Gasteiger partial charge in [-0.25, -0.2) is 4.98 Å². The van der Waals surface area contributed by atoms with Crippen LogP contribution in [0, 0.1) is 0 Å². The Bertz CT molecular complexity index is 417. The molecule has 0 aliphatic heterocycles. The first-order valence-corrected chi connectivity index (χ1v) is 7.28. The van der Waals surface area contributed by atoms with Crippen molar-refractivity contribution in [3.05, 3.63) is 23.4 Å². The normalized spacial score (nSPS) is 14.8. The van der Waals surface area contributed by atoms with Gasteiger partial charge in [-0.15, -0.1) is 0 Å². The summed E-state index contributed by atoms with van der Waals surface area (Å²) in [6.07, 6.45) is 5.39. The van der Waals surface area contributed by atoms with E-state index in [0.717, 1.165) is 49.3 Å². The summed E-state index contributed by atoms with van der Waals surface area (Å²) >= 11 is 0. The third kappa shape index (κ3) is 3.69. The van der Waals surface area contributed by atoms with Gasteiger partial charge in [-0.05, 0) is 44.7 Å². The van der Waals surface area contributed by atoms with Crippen molar-refractivity contribution in [2.24, 2.45) is 0 Å². The molecule has 2 N–H and O–H groups in total. The van der Waals surface area contributed by atoms with Gasteiger partial charge in [0.15, 0.2) is 0 Å². The van der Waals surface area contributed by atoms with Crippen LogP contribution in [0.2, 0.25) is 0 Å². The minimum absolute atomic E-state index is 0.0311. The second-order valence-electron chi connectivity index (χ2n) is 5.11. The third-order valence-electron chi connectivity index (χ3n) is 3.45. The summed E-state index contributed by atoms with van der Waals surface area (Å²) in [5, 5.41) is 6.27. The molecule has 19 heavy (non-hydrogen) atoms. The monoisotopic (exact) mass is 261 g/mol. The molecule has 1 aliphatic carbocycles. The summed E-state index contributed by atoms with van der Waals surface area (Å²) in [4.78, 5) is 16.7. The standard InChI is InChI=1S/C15H23N3O/c1-3-6-13-9-11(10-14(17-13)16-4-2)15(19)18-12-7-5-8-12/h9-10,12H,3-8H2,1-2H3,(H,16,17)(H,18,19). The van der Waals surface area contributed by atoms with E-state index in [0.29, 0.717) is 6.04 Å². The van der Waals surface area contributed by atoms with E-state index in [4.69, 9.17) is 0 Å². The van der Waals surface area contributed by atoms with Gasteiger partial charge in [-0.3, -0.25) is 4.79 Å². The number of aromatic nitrogens is 1. The first-order valence-electron chi connectivity index (χ1n) is 7.28. The van der Waals surface area contributed by atoms with Gasteiger partial charge in [0.2, 0.25) is 0 Å². The lowest BCUT2D eigenvalue weighted by Gasteiger charge is -2.26. The van der Waals surface area contributed by atoms with Crippen LogP contribution in [0.1, 0.15) is 55.6 Å². The van der Waals surface area contributed by atoms with E-state index in [1.54, 1.807) is 0 Å². The number of nitrogens with one attached hydrogen (secondary N) is 2. The highest BCUT2D eigenvalue weighted by Crippen LogP contribution is 2.19. The average Bonchev–Trinajstić information content (AvgIpc) is 2.34. The Kier molecular flexibility index (Phi) is 4.77. The molecular weight excluding hydrogens is 238 g/mol. The van der Waals surface area contributed by atoms with Gasteiger partial charge in [0.25, 0.3) is 5.91 Å². The van der Waals surface area contributed by atoms with Gasteiger partial charge < -0.3 is 10.6 Å². The number of nitrogens with zero attached hydrogens (tertiary/aromatic N) is 1. The molecule has 0 radical (unpaired) electrons. The van der Waals surface area contributed by atoms with Gasteiger partial charge in [0.05, 0.1) is 0 Å².